The molecule has 1 aliphatic rings. The number of nitrogens with zero attached hydrogens (tertiary/aromatic N) is 3. The predicted octanol–water partition coefficient (Wildman–Crippen LogP) is 2.63. The van der Waals surface area contributed by atoms with Crippen molar-refractivity contribution in [2.45, 2.75) is 45.3 Å². The van der Waals surface area contributed by atoms with Gasteiger partial charge in [-0.15, -0.1) is 0 Å². The number of aryl methyl sites for hydroxylation is 1. The van der Waals surface area contributed by atoms with Crippen LogP contribution in [0.15, 0.2) is 24.3 Å². The second-order valence-corrected chi connectivity index (χ2v) is 6.04. The van der Waals surface area contributed by atoms with Gasteiger partial charge >= 0.3 is 0 Å². The molecule has 1 aromatic carbocycles. The molecule has 1 aromatic heterocycles. The van der Waals surface area contributed by atoms with Crippen LogP contribution in [0.1, 0.15) is 31.9 Å². The van der Waals surface area contributed by atoms with E-state index in [9.17, 15) is 0 Å². The van der Waals surface area contributed by atoms with Crippen LogP contribution in [0, 0.1) is 0 Å². The normalized spacial score (nSPS) is 20.2. The molecule has 4 heteroatoms. The second-order valence-electron chi connectivity index (χ2n) is 6.04. The van der Waals surface area contributed by atoms with Crippen molar-refractivity contribution in [3.63, 3.8) is 0 Å². The van der Waals surface area contributed by atoms with Gasteiger partial charge in [-0.2, -0.15) is 5.10 Å². The smallest absolute Gasteiger partial charge is 0.0841 e. The van der Waals surface area contributed by atoms with Crippen LogP contribution in [-0.2, 0) is 13.1 Å². The average Bonchev–Trinajstić information content (AvgIpc) is 2.88. The summed E-state index contributed by atoms with van der Waals surface area (Å²) in [6.07, 6.45) is 4.02. The molecule has 21 heavy (non-hydrogen) atoms. The van der Waals surface area contributed by atoms with E-state index in [0.717, 1.165) is 19.6 Å². The summed E-state index contributed by atoms with van der Waals surface area (Å²) in [5, 5.41) is 9.65. The zero-order chi connectivity index (χ0) is 14.7. The first-order chi connectivity index (χ1) is 10.3. The molecule has 1 unspecified atom stereocenters. The summed E-state index contributed by atoms with van der Waals surface area (Å²) in [5.74, 6) is 0. The molecule has 2 heterocycles. The van der Waals surface area contributed by atoms with Gasteiger partial charge in [0.2, 0.25) is 0 Å². The number of benzene rings is 1. The topological polar surface area (TPSA) is 33.1 Å². The van der Waals surface area contributed by atoms with E-state index < -0.39 is 0 Å². The average molecular weight is 286 g/mol. The Morgan fingerprint density at radius 1 is 1.29 bits per heavy atom. The molecule has 1 N–H and O–H groups in total. The Kier molecular flexibility index (Phi) is 4.56. The van der Waals surface area contributed by atoms with Gasteiger partial charge in [0.1, 0.15) is 0 Å². The Morgan fingerprint density at radius 2 is 2.14 bits per heavy atom. The largest absolute Gasteiger partial charge is 0.310 e. The monoisotopic (exact) mass is 286 g/mol. The molecule has 0 aliphatic carbocycles. The van der Waals surface area contributed by atoms with Crippen molar-refractivity contribution in [2.75, 3.05) is 20.1 Å². The fraction of sp³-hybridized carbons (Fsp3) is 0.588. The number of piperidine rings is 1. The number of nitrogens with one attached hydrogen (secondary N) is 1. The molecule has 114 valence electrons. The van der Waals surface area contributed by atoms with Crippen molar-refractivity contribution < 1.29 is 0 Å². The van der Waals surface area contributed by atoms with Gasteiger partial charge in [0, 0.05) is 31.1 Å². The van der Waals surface area contributed by atoms with Crippen molar-refractivity contribution in [3.05, 3.63) is 30.0 Å². The first kappa shape index (κ1) is 14.5. The number of hydrogen-bond donors (Lipinski definition) is 1. The molecule has 4 nitrogen and oxygen atoms in total. The fourth-order valence-electron chi connectivity index (χ4n) is 3.33. The van der Waals surface area contributed by atoms with E-state index in [2.05, 4.69) is 53.1 Å². The van der Waals surface area contributed by atoms with E-state index in [1.807, 2.05) is 0 Å². The highest BCUT2D eigenvalue weighted by Gasteiger charge is 2.18. The third-order valence-corrected chi connectivity index (χ3v) is 4.63. The molecule has 0 saturated carbocycles. The Labute approximate surface area is 127 Å². The molecular formula is C17H26N4. The number of likely N-dealkylation sites (tertiary alicyclic amines) is 1. The van der Waals surface area contributed by atoms with Crippen molar-refractivity contribution >= 4 is 10.9 Å². The Morgan fingerprint density at radius 3 is 2.95 bits per heavy atom. The fourth-order valence-corrected chi connectivity index (χ4v) is 3.33. The van der Waals surface area contributed by atoms with E-state index in [-0.39, 0.29) is 0 Å². The second kappa shape index (κ2) is 6.58. The minimum absolute atomic E-state index is 0.679. The van der Waals surface area contributed by atoms with Crippen molar-refractivity contribution in [3.8, 4) is 0 Å². The first-order valence-corrected chi connectivity index (χ1v) is 8.15. The lowest BCUT2D eigenvalue weighted by molar-refractivity contribution is 0.181. The molecule has 0 radical (unpaired) electrons. The molecule has 0 spiro atoms. The summed E-state index contributed by atoms with van der Waals surface area (Å²) in [7, 11) is 2.24. The maximum atomic E-state index is 4.75. The maximum Gasteiger partial charge on any atom is 0.0841 e. The molecule has 0 bridgehead atoms. The number of fused-ring (bicyclic) bond motifs is 1. The van der Waals surface area contributed by atoms with E-state index in [1.165, 1.54) is 42.4 Å². The standard InChI is InChI=1S/C17H26N4/c1-3-21-17-10-5-4-9-15(17)16(19-21)13-18-12-14-8-6-7-11-20(14)2/h4-5,9-10,14,18H,3,6-8,11-13H2,1-2H3. The van der Waals surface area contributed by atoms with Crippen molar-refractivity contribution in [1.82, 2.24) is 20.0 Å². The molecule has 0 amide bonds. The summed E-state index contributed by atoms with van der Waals surface area (Å²) in [4.78, 5) is 2.49. The molecule has 3 rings (SSSR count). The van der Waals surface area contributed by atoms with Crippen LogP contribution < -0.4 is 5.32 Å². The van der Waals surface area contributed by atoms with Gasteiger partial charge in [0.15, 0.2) is 0 Å². The molecule has 2 aromatic rings. The number of rotatable bonds is 5. The minimum Gasteiger partial charge on any atom is -0.310 e. The van der Waals surface area contributed by atoms with Crippen LogP contribution in [0.3, 0.4) is 0 Å². The van der Waals surface area contributed by atoms with Crippen LogP contribution in [0.25, 0.3) is 10.9 Å². The van der Waals surface area contributed by atoms with E-state index in [0.29, 0.717) is 6.04 Å². The third kappa shape index (κ3) is 3.11. The number of likely N-dealkylation sites (N-methyl/N-ethyl adjacent to an activating group) is 1. The number of hydrogen-bond acceptors (Lipinski definition) is 3. The quantitative estimate of drug-likeness (QED) is 0.917. The molecular weight excluding hydrogens is 260 g/mol. The highest BCUT2D eigenvalue weighted by atomic mass is 15.3. The zero-order valence-corrected chi connectivity index (χ0v) is 13.2. The molecule has 1 fully saturated rings. The summed E-state index contributed by atoms with van der Waals surface area (Å²) in [5.41, 5.74) is 2.41. The van der Waals surface area contributed by atoms with E-state index >= 15 is 0 Å². The van der Waals surface area contributed by atoms with Crippen molar-refractivity contribution in [2.24, 2.45) is 0 Å². The Balaban J connectivity index is 1.65. The van der Waals surface area contributed by atoms with Gasteiger partial charge in [-0.05, 0) is 39.4 Å². The highest BCUT2D eigenvalue weighted by Crippen LogP contribution is 2.19. The lowest BCUT2D eigenvalue weighted by atomic mass is 10.0. The van der Waals surface area contributed by atoms with Gasteiger partial charge in [-0.25, -0.2) is 0 Å². The molecule has 1 aliphatic heterocycles. The van der Waals surface area contributed by atoms with Gasteiger partial charge in [0.05, 0.1) is 11.2 Å². The highest BCUT2D eigenvalue weighted by molar-refractivity contribution is 5.81. The number of aromatic nitrogens is 2. The molecule has 1 saturated heterocycles. The maximum absolute atomic E-state index is 4.75. The summed E-state index contributed by atoms with van der Waals surface area (Å²) in [6, 6.07) is 9.20. The van der Waals surface area contributed by atoms with Crippen LogP contribution in [-0.4, -0.2) is 40.9 Å². The van der Waals surface area contributed by atoms with Gasteiger partial charge in [-0.3, -0.25) is 4.68 Å². The van der Waals surface area contributed by atoms with Gasteiger partial charge < -0.3 is 10.2 Å². The van der Waals surface area contributed by atoms with E-state index in [4.69, 9.17) is 5.10 Å². The SMILES string of the molecule is CCn1nc(CNCC2CCCCN2C)c2ccccc21. The first-order valence-electron chi connectivity index (χ1n) is 8.15. The minimum atomic E-state index is 0.679. The predicted molar refractivity (Wildman–Crippen MR) is 87.4 cm³/mol. The third-order valence-electron chi connectivity index (χ3n) is 4.63. The van der Waals surface area contributed by atoms with Crippen LogP contribution in [0.4, 0.5) is 0 Å². The van der Waals surface area contributed by atoms with E-state index in [1.54, 1.807) is 0 Å². The zero-order valence-electron chi connectivity index (χ0n) is 13.2. The van der Waals surface area contributed by atoms with Crippen LogP contribution >= 0.6 is 0 Å². The Hall–Kier alpha value is -1.39. The summed E-state index contributed by atoms with van der Waals surface area (Å²) in [6.45, 7) is 6.22. The number of para-hydroxylation sites is 1. The lowest BCUT2D eigenvalue weighted by Gasteiger charge is -2.32. The summed E-state index contributed by atoms with van der Waals surface area (Å²) >= 11 is 0. The van der Waals surface area contributed by atoms with Crippen LogP contribution in [0.5, 0.6) is 0 Å². The Bertz CT molecular complexity index is 589. The van der Waals surface area contributed by atoms with Crippen molar-refractivity contribution in [1.29, 1.82) is 0 Å². The summed E-state index contributed by atoms with van der Waals surface area (Å²) < 4.78 is 2.10. The molecule has 1 atom stereocenters. The van der Waals surface area contributed by atoms with Gasteiger partial charge in [-0.1, -0.05) is 24.6 Å². The van der Waals surface area contributed by atoms with Crippen LogP contribution in [0.2, 0.25) is 0 Å². The van der Waals surface area contributed by atoms with Gasteiger partial charge in [0.25, 0.3) is 0 Å². The lowest BCUT2D eigenvalue weighted by Crippen LogP contribution is -2.42.